The van der Waals surface area contributed by atoms with Crippen molar-refractivity contribution in [1.82, 2.24) is 0 Å². The molecule has 1 aromatic heterocycles. The van der Waals surface area contributed by atoms with Crippen molar-refractivity contribution in [1.29, 1.82) is 0 Å². The number of hydrogen-bond acceptors (Lipinski definition) is 1. The van der Waals surface area contributed by atoms with E-state index in [1.54, 1.807) is 5.56 Å². The molecular formula is C11H18S. The van der Waals surface area contributed by atoms with Crippen molar-refractivity contribution in [3.8, 4) is 0 Å². The van der Waals surface area contributed by atoms with Crippen LogP contribution in [0.15, 0.2) is 6.07 Å². The molecule has 0 radical (unpaired) electrons. The van der Waals surface area contributed by atoms with Gasteiger partial charge in [-0.25, -0.2) is 0 Å². The molecule has 0 unspecified atom stereocenters. The zero-order chi connectivity index (χ0) is 9.14. The average Bonchev–Trinajstić information content (AvgIpc) is 2.34. The van der Waals surface area contributed by atoms with Crippen molar-refractivity contribution in [2.75, 3.05) is 0 Å². The minimum Gasteiger partial charge on any atom is -0.146 e. The first-order valence-corrected chi connectivity index (χ1v) is 5.57. The zero-order valence-corrected chi connectivity index (χ0v) is 9.29. The molecule has 0 fully saturated rings. The van der Waals surface area contributed by atoms with E-state index in [4.69, 9.17) is 0 Å². The minimum absolute atomic E-state index is 0.787. The van der Waals surface area contributed by atoms with E-state index in [0.29, 0.717) is 0 Å². The molecule has 0 bridgehead atoms. The molecule has 0 aromatic carbocycles. The molecule has 1 aromatic rings. The molecule has 0 aliphatic rings. The molecule has 0 atom stereocenters. The van der Waals surface area contributed by atoms with Crippen molar-refractivity contribution >= 4 is 11.3 Å². The third-order valence-electron chi connectivity index (χ3n) is 2.50. The quantitative estimate of drug-likeness (QED) is 0.655. The maximum atomic E-state index is 2.36. The molecule has 0 nitrogen and oxygen atoms in total. The van der Waals surface area contributed by atoms with Crippen molar-refractivity contribution in [2.45, 2.75) is 46.5 Å². The Morgan fingerprint density at radius 3 is 2.17 bits per heavy atom. The fourth-order valence-electron chi connectivity index (χ4n) is 1.78. The Bertz CT molecular complexity index is 244. The Balaban J connectivity index is 2.91. The second-order valence-electron chi connectivity index (χ2n) is 3.38. The molecule has 0 aliphatic heterocycles. The van der Waals surface area contributed by atoms with Crippen molar-refractivity contribution in [2.24, 2.45) is 0 Å². The average molecular weight is 182 g/mol. The van der Waals surface area contributed by atoms with E-state index in [1.807, 2.05) is 11.3 Å². The maximum Gasteiger partial charge on any atom is 0.00518 e. The van der Waals surface area contributed by atoms with Gasteiger partial charge in [0.05, 0.1) is 0 Å². The summed E-state index contributed by atoms with van der Waals surface area (Å²) in [7, 11) is 0. The topological polar surface area (TPSA) is 0 Å². The highest BCUT2D eigenvalue weighted by atomic mass is 32.1. The molecule has 0 saturated heterocycles. The molecule has 0 amide bonds. The van der Waals surface area contributed by atoms with Gasteiger partial charge in [0.1, 0.15) is 0 Å². The number of thiophene rings is 1. The van der Waals surface area contributed by atoms with E-state index in [0.717, 1.165) is 5.92 Å². The maximum absolute atomic E-state index is 2.36. The summed E-state index contributed by atoms with van der Waals surface area (Å²) in [6.07, 6.45) is 2.54. The smallest absolute Gasteiger partial charge is 0.00518 e. The van der Waals surface area contributed by atoms with Gasteiger partial charge in [-0.15, -0.1) is 11.3 Å². The molecular weight excluding hydrogens is 164 g/mol. The van der Waals surface area contributed by atoms with Crippen molar-refractivity contribution < 1.29 is 0 Å². The number of rotatable bonds is 3. The van der Waals surface area contributed by atoms with E-state index in [9.17, 15) is 0 Å². The summed E-state index contributed by atoms with van der Waals surface area (Å²) >= 11 is 1.93. The monoisotopic (exact) mass is 182 g/mol. The molecule has 0 aliphatic carbocycles. The van der Waals surface area contributed by atoms with Crippen LogP contribution >= 0.6 is 11.3 Å². The first-order chi connectivity index (χ1) is 5.69. The van der Waals surface area contributed by atoms with Crippen LogP contribution in [0.5, 0.6) is 0 Å². The summed E-state index contributed by atoms with van der Waals surface area (Å²) in [6, 6.07) is 2.36. The molecule has 12 heavy (non-hydrogen) atoms. The lowest BCUT2D eigenvalue weighted by molar-refractivity contribution is 0.641. The van der Waals surface area contributed by atoms with Gasteiger partial charge in [0.2, 0.25) is 0 Å². The third-order valence-corrected chi connectivity index (χ3v) is 3.49. The summed E-state index contributed by atoms with van der Waals surface area (Å²) in [5.74, 6) is 0.787. The standard InChI is InChI=1S/C11H18S/c1-5-10(6-2)11-7-8(3)12-9(11)4/h7,10H,5-6H2,1-4H3. The van der Waals surface area contributed by atoms with E-state index in [1.165, 1.54) is 22.6 Å². The predicted octanol–water partition coefficient (Wildman–Crippen LogP) is 4.27. The highest BCUT2D eigenvalue weighted by Crippen LogP contribution is 2.31. The molecule has 0 saturated carbocycles. The van der Waals surface area contributed by atoms with Crippen LogP contribution in [-0.4, -0.2) is 0 Å². The summed E-state index contributed by atoms with van der Waals surface area (Å²) in [6.45, 7) is 9.00. The summed E-state index contributed by atoms with van der Waals surface area (Å²) in [5, 5.41) is 0. The Hall–Kier alpha value is -0.300. The number of hydrogen-bond donors (Lipinski definition) is 0. The summed E-state index contributed by atoms with van der Waals surface area (Å²) < 4.78 is 0. The van der Waals surface area contributed by atoms with E-state index in [-0.39, 0.29) is 0 Å². The minimum atomic E-state index is 0.787. The van der Waals surface area contributed by atoms with Gasteiger partial charge in [-0.2, -0.15) is 0 Å². The molecule has 1 rings (SSSR count). The van der Waals surface area contributed by atoms with Gasteiger partial charge >= 0.3 is 0 Å². The third kappa shape index (κ3) is 1.89. The normalized spacial score (nSPS) is 11.1. The van der Waals surface area contributed by atoms with Gasteiger partial charge in [0, 0.05) is 9.75 Å². The van der Waals surface area contributed by atoms with Crippen LogP contribution in [0.4, 0.5) is 0 Å². The van der Waals surface area contributed by atoms with Crippen LogP contribution in [0.3, 0.4) is 0 Å². The highest BCUT2D eigenvalue weighted by Gasteiger charge is 2.11. The van der Waals surface area contributed by atoms with E-state index >= 15 is 0 Å². The molecule has 1 heteroatoms. The van der Waals surface area contributed by atoms with Gasteiger partial charge in [-0.3, -0.25) is 0 Å². The lowest BCUT2D eigenvalue weighted by Gasteiger charge is -2.11. The van der Waals surface area contributed by atoms with Crippen LogP contribution < -0.4 is 0 Å². The second-order valence-corrected chi connectivity index (χ2v) is 4.84. The van der Waals surface area contributed by atoms with E-state index in [2.05, 4.69) is 33.8 Å². The van der Waals surface area contributed by atoms with Crippen LogP contribution in [0.2, 0.25) is 0 Å². The Kier molecular flexibility index (Phi) is 3.33. The van der Waals surface area contributed by atoms with Gasteiger partial charge in [-0.05, 0) is 44.2 Å². The van der Waals surface area contributed by atoms with Crippen LogP contribution in [0, 0.1) is 13.8 Å². The summed E-state index contributed by atoms with van der Waals surface area (Å²) in [4.78, 5) is 2.97. The lowest BCUT2D eigenvalue weighted by Crippen LogP contribution is -1.94. The Morgan fingerprint density at radius 1 is 1.25 bits per heavy atom. The van der Waals surface area contributed by atoms with Gasteiger partial charge in [0.25, 0.3) is 0 Å². The Morgan fingerprint density at radius 2 is 1.83 bits per heavy atom. The van der Waals surface area contributed by atoms with Gasteiger partial charge in [-0.1, -0.05) is 13.8 Å². The van der Waals surface area contributed by atoms with Crippen molar-refractivity contribution in [3.63, 3.8) is 0 Å². The highest BCUT2D eigenvalue weighted by molar-refractivity contribution is 7.12. The van der Waals surface area contributed by atoms with E-state index < -0.39 is 0 Å². The largest absolute Gasteiger partial charge is 0.146 e. The van der Waals surface area contributed by atoms with Crippen LogP contribution in [0.25, 0.3) is 0 Å². The zero-order valence-electron chi connectivity index (χ0n) is 8.48. The van der Waals surface area contributed by atoms with Crippen LogP contribution in [-0.2, 0) is 0 Å². The Labute approximate surface area is 79.6 Å². The molecule has 1 heterocycles. The first-order valence-electron chi connectivity index (χ1n) is 4.75. The fraction of sp³-hybridized carbons (Fsp3) is 0.636. The van der Waals surface area contributed by atoms with Crippen molar-refractivity contribution in [3.05, 3.63) is 21.4 Å². The van der Waals surface area contributed by atoms with Gasteiger partial charge in [0.15, 0.2) is 0 Å². The first kappa shape index (κ1) is 9.79. The second kappa shape index (κ2) is 4.08. The summed E-state index contributed by atoms with van der Waals surface area (Å²) in [5.41, 5.74) is 1.59. The molecule has 0 N–H and O–H groups in total. The SMILES string of the molecule is CCC(CC)c1cc(C)sc1C. The van der Waals surface area contributed by atoms with Gasteiger partial charge < -0.3 is 0 Å². The lowest BCUT2D eigenvalue weighted by atomic mass is 9.94. The molecule has 68 valence electrons. The number of aryl methyl sites for hydroxylation is 2. The fourth-order valence-corrected chi connectivity index (χ4v) is 2.80. The van der Waals surface area contributed by atoms with Crippen LogP contribution in [0.1, 0.15) is 47.9 Å². The predicted molar refractivity (Wildman–Crippen MR) is 57.1 cm³/mol. The molecule has 0 spiro atoms.